The third-order valence-electron chi connectivity index (χ3n) is 5.82. The normalized spacial score (nSPS) is 15.6. The number of ether oxygens (including phenoxy) is 1. The molecule has 0 radical (unpaired) electrons. The Kier molecular flexibility index (Phi) is 7.14. The Labute approximate surface area is 194 Å². The van der Waals surface area contributed by atoms with Crippen LogP contribution in [0, 0.1) is 6.92 Å². The Morgan fingerprint density at radius 2 is 2.15 bits per heavy atom. The number of likely N-dealkylation sites (N-methyl/N-ethyl adjacent to an activating group) is 1. The maximum atomic E-state index is 13.2. The minimum absolute atomic E-state index is 0.0678. The molecule has 0 aliphatic carbocycles. The second kappa shape index (κ2) is 10.4. The number of pyridine rings is 1. The summed E-state index contributed by atoms with van der Waals surface area (Å²) in [5.41, 5.74) is 2.94. The topological polar surface area (TPSA) is 83.5 Å². The van der Waals surface area contributed by atoms with Gasteiger partial charge in [-0.25, -0.2) is 9.97 Å². The van der Waals surface area contributed by atoms with Gasteiger partial charge in [0, 0.05) is 19.3 Å². The van der Waals surface area contributed by atoms with Crippen molar-refractivity contribution in [3.8, 4) is 5.75 Å². The molecule has 0 spiro atoms. The highest BCUT2D eigenvalue weighted by atomic mass is 16.5. The molecule has 0 saturated carbocycles. The van der Waals surface area contributed by atoms with Crippen LogP contribution in [-0.2, 0) is 11.3 Å². The van der Waals surface area contributed by atoms with Gasteiger partial charge in [-0.05, 0) is 56.1 Å². The van der Waals surface area contributed by atoms with Crippen molar-refractivity contribution in [3.05, 3.63) is 71.8 Å². The highest BCUT2D eigenvalue weighted by Crippen LogP contribution is 2.31. The third-order valence-corrected chi connectivity index (χ3v) is 5.82. The Morgan fingerprint density at radius 1 is 1.27 bits per heavy atom. The van der Waals surface area contributed by atoms with E-state index in [1.54, 1.807) is 25.7 Å². The van der Waals surface area contributed by atoms with E-state index in [-0.39, 0.29) is 11.9 Å². The summed E-state index contributed by atoms with van der Waals surface area (Å²) in [5.74, 6) is 2.30. The summed E-state index contributed by atoms with van der Waals surface area (Å²) in [6.45, 7) is 3.73. The summed E-state index contributed by atoms with van der Waals surface area (Å²) in [4.78, 5) is 30.6. The van der Waals surface area contributed by atoms with Crippen LogP contribution >= 0.6 is 0 Å². The molecule has 3 heterocycles. The molecule has 8 nitrogen and oxygen atoms in total. The number of amides is 1. The molecule has 0 bridgehead atoms. The van der Waals surface area contributed by atoms with E-state index in [1.165, 1.54) is 0 Å². The van der Waals surface area contributed by atoms with Gasteiger partial charge in [0.15, 0.2) is 0 Å². The van der Waals surface area contributed by atoms with Crippen LogP contribution in [0.15, 0.2) is 55.0 Å². The molecular formula is C25H30N6O2. The van der Waals surface area contributed by atoms with Crippen LogP contribution in [0.2, 0.25) is 0 Å². The molecule has 1 saturated heterocycles. The number of nitrogens with zero attached hydrogens (tertiary/aromatic N) is 5. The minimum Gasteiger partial charge on any atom is -0.497 e. The van der Waals surface area contributed by atoms with Crippen molar-refractivity contribution in [2.24, 2.45) is 0 Å². The number of methoxy groups -OCH3 is 1. The number of aromatic nitrogens is 3. The summed E-state index contributed by atoms with van der Waals surface area (Å²) in [6.07, 6.45) is 7.01. The monoisotopic (exact) mass is 446 g/mol. The average Bonchev–Trinajstić information content (AvgIpc) is 3.31. The lowest BCUT2D eigenvalue weighted by molar-refractivity contribution is -0.133. The zero-order valence-corrected chi connectivity index (χ0v) is 19.4. The molecule has 1 aromatic carbocycles. The van der Waals surface area contributed by atoms with Crippen molar-refractivity contribution in [1.82, 2.24) is 24.8 Å². The SMILES string of the molecule is COc1cccc(CN(C)CC(=O)N2CCC[C@@H]2c2cncc(Nc3ncccc3C)n2)c1. The number of carbonyl (C=O) groups excluding carboxylic acids is 1. The highest BCUT2D eigenvalue weighted by Gasteiger charge is 2.31. The van der Waals surface area contributed by atoms with Gasteiger partial charge in [0.2, 0.25) is 5.91 Å². The van der Waals surface area contributed by atoms with Gasteiger partial charge in [-0.3, -0.25) is 14.7 Å². The third kappa shape index (κ3) is 5.64. The van der Waals surface area contributed by atoms with Crippen LogP contribution in [0.4, 0.5) is 11.6 Å². The van der Waals surface area contributed by atoms with Crippen LogP contribution in [-0.4, -0.2) is 57.9 Å². The molecule has 1 aliphatic heterocycles. The second-order valence-corrected chi connectivity index (χ2v) is 8.39. The van der Waals surface area contributed by atoms with E-state index in [2.05, 4.69) is 15.3 Å². The molecule has 2 aromatic heterocycles. The second-order valence-electron chi connectivity index (χ2n) is 8.39. The Morgan fingerprint density at radius 3 is 2.97 bits per heavy atom. The lowest BCUT2D eigenvalue weighted by atomic mass is 10.1. The van der Waals surface area contributed by atoms with Gasteiger partial charge in [0.25, 0.3) is 0 Å². The molecule has 1 aliphatic rings. The Balaban J connectivity index is 1.42. The van der Waals surface area contributed by atoms with Gasteiger partial charge >= 0.3 is 0 Å². The summed E-state index contributed by atoms with van der Waals surface area (Å²) in [6, 6.07) is 11.7. The van der Waals surface area contributed by atoms with Crippen molar-refractivity contribution in [2.45, 2.75) is 32.4 Å². The van der Waals surface area contributed by atoms with Gasteiger partial charge in [0.1, 0.15) is 17.4 Å². The molecule has 4 rings (SSSR count). The fourth-order valence-electron chi connectivity index (χ4n) is 4.17. The maximum Gasteiger partial charge on any atom is 0.237 e. The smallest absolute Gasteiger partial charge is 0.237 e. The minimum atomic E-state index is -0.0678. The molecule has 3 aromatic rings. The molecule has 1 fully saturated rings. The van der Waals surface area contributed by atoms with E-state index in [0.717, 1.165) is 47.8 Å². The predicted molar refractivity (Wildman–Crippen MR) is 127 cm³/mol. The lowest BCUT2D eigenvalue weighted by Crippen LogP contribution is -2.38. The average molecular weight is 447 g/mol. The first-order valence-electron chi connectivity index (χ1n) is 11.1. The van der Waals surface area contributed by atoms with Gasteiger partial charge < -0.3 is 15.0 Å². The van der Waals surface area contributed by atoms with E-state index in [9.17, 15) is 4.79 Å². The first kappa shape index (κ1) is 22.7. The number of rotatable bonds is 8. The number of hydrogen-bond acceptors (Lipinski definition) is 7. The number of hydrogen-bond donors (Lipinski definition) is 1. The van der Waals surface area contributed by atoms with E-state index >= 15 is 0 Å². The first-order valence-corrected chi connectivity index (χ1v) is 11.1. The van der Waals surface area contributed by atoms with Crippen molar-refractivity contribution >= 4 is 17.5 Å². The number of carbonyl (C=O) groups is 1. The van der Waals surface area contributed by atoms with Crippen molar-refractivity contribution in [3.63, 3.8) is 0 Å². The van der Waals surface area contributed by atoms with E-state index in [1.807, 2.05) is 60.2 Å². The molecule has 8 heteroatoms. The van der Waals surface area contributed by atoms with E-state index in [4.69, 9.17) is 9.72 Å². The predicted octanol–water partition coefficient (Wildman–Crippen LogP) is 3.73. The summed E-state index contributed by atoms with van der Waals surface area (Å²) >= 11 is 0. The maximum absolute atomic E-state index is 13.2. The fourth-order valence-corrected chi connectivity index (χ4v) is 4.17. The molecular weight excluding hydrogens is 416 g/mol. The van der Waals surface area contributed by atoms with Gasteiger partial charge in [0.05, 0.1) is 37.8 Å². The number of nitrogens with one attached hydrogen (secondary N) is 1. The van der Waals surface area contributed by atoms with Crippen molar-refractivity contribution in [1.29, 1.82) is 0 Å². The van der Waals surface area contributed by atoms with Crippen molar-refractivity contribution < 1.29 is 9.53 Å². The molecule has 0 unspecified atom stereocenters. The van der Waals surface area contributed by atoms with Gasteiger partial charge in [-0.15, -0.1) is 0 Å². The largest absolute Gasteiger partial charge is 0.497 e. The van der Waals surface area contributed by atoms with Gasteiger partial charge in [-0.1, -0.05) is 18.2 Å². The zero-order chi connectivity index (χ0) is 23.2. The quantitative estimate of drug-likeness (QED) is 0.564. The first-order chi connectivity index (χ1) is 16.0. The molecule has 172 valence electrons. The lowest BCUT2D eigenvalue weighted by Gasteiger charge is -2.27. The van der Waals surface area contributed by atoms with Gasteiger partial charge in [-0.2, -0.15) is 0 Å². The Hall–Kier alpha value is -3.52. The molecule has 1 N–H and O–H groups in total. The molecule has 1 amide bonds. The zero-order valence-electron chi connectivity index (χ0n) is 19.4. The fraction of sp³-hybridized carbons (Fsp3) is 0.360. The van der Waals surface area contributed by atoms with Crippen LogP contribution in [0.1, 0.15) is 35.7 Å². The Bertz CT molecular complexity index is 1110. The van der Waals surface area contributed by atoms with Crippen LogP contribution in [0.3, 0.4) is 0 Å². The highest BCUT2D eigenvalue weighted by molar-refractivity contribution is 5.79. The standard InChI is InChI=1S/C25H30N6O2/c1-18-7-5-11-27-25(18)29-23-15-26-14-21(28-23)22-10-6-12-31(22)24(32)17-30(2)16-19-8-4-9-20(13-19)33-3/h4-5,7-9,11,13-15,22H,6,10,12,16-17H2,1-3H3,(H,27,28,29)/t22-/m1/s1. The van der Waals surface area contributed by atoms with Crippen LogP contribution in [0.25, 0.3) is 0 Å². The van der Waals surface area contributed by atoms with E-state index < -0.39 is 0 Å². The van der Waals surface area contributed by atoms with E-state index in [0.29, 0.717) is 18.9 Å². The number of anilines is 2. The number of aryl methyl sites for hydroxylation is 1. The van der Waals surface area contributed by atoms with Crippen LogP contribution < -0.4 is 10.1 Å². The van der Waals surface area contributed by atoms with Crippen molar-refractivity contribution in [2.75, 3.05) is 32.6 Å². The summed E-state index contributed by atoms with van der Waals surface area (Å²) in [5, 5.41) is 3.24. The van der Waals surface area contributed by atoms with Crippen LogP contribution in [0.5, 0.6) is 5.75 Å². The number of benzene rings is 1. The molecule has 33 heavy (non-hydrogen) atoms. The number of likely N-dealkylation sites (tertiary alicyclic amines) is 1. The molecule has 1 atom stereocenters. The summed E-state index contributed by atoms with van der Waals surface area (Å²) in [7, 11) is 3.62. The summed E-state index contributed by atoms with van der Waals surface area (Å²) < 4.78 is 5.30.